The van der Waals surface area contributed by atoms with Crippen molar-refractivity contribution in [3.63, 3.8) is 0 Å². The van der Waals surface area contributed by atoms with Crippen LogP contribution in [0.2, 0.25) is 0 Å². The van der Waals surface area contributed by atoms with Crippen LogP contribution in [0.5, 0.6) is 0 Å². The van der Waals surface area contributed by atoms with Crippen LogP contribution in [0.1, 0.15) is 90.0 Å². The van der Waals surface area contributed by atoms with E-state index in [4.69, 9.17) is 9.47 Å². The molecule has 4 aromatic rings. The van der Waals surface area contributed by atoms with Gasteiger partial charge < -0.3 is 30.3 Å². The Morgan fingerprint density at radius 1 is 0.769 bits per heavy atom. The number of carbonyl (C=O) groups excluding carboxylic acids is 1. The second kappa shape index (κ2) is 15.1. The van der Waals surface area contributed by atoms with Crippen LogP contribution in [0.4, 0.5) is 4.79 Å². The average Bonchev–Trinajstić information content (AvgIpc) is 3.16. The van der Waals surface area contributed by atoms with Crippen molar-refractivity contribution in [3.05, 3.63) is 125 Å². The second-order valence-corrected chi connectivity index (χ2v) is 16.3. The monoisotopic (exact) mass is 718 g/mol. The van der Waals surface area contributed by atoms with Crippen LogP contribution >= 0.6 is 11.8 Å². The maximum Gasteiger partial charge on any atom is 0.336 e. The number of rotatable bonds is 11. The van der Waals surface area contributed by atoms with E-state index in [0.29, 0.717) is 23.6 Å². The molecule has 4 aliphatic carbocycles. The maximum atomic E-state index is 13.2. The molecule has 5 aliphatic rings. The summed E-state index contributed by atoms with van der Waals surface area (Å²) in [5.74, 6) is 1.93. The highest BCUT2D eigenvalue weighted by Crippen LogP contribution is 2.55. The number of aromatic carboxylic acids is 1. The van der Waals surface area contributed by atoms with E-state index in [-0.39, 0.29) is 35.9 Å². The summed E-state index contributed by atoms with van der Waals surface area (Å²) in [5.41, 5.74) is 6.10. The Bertz CT molecular complexity index is 1860. The maximum absolute atomic E-state index is 13.2. The molecule has 0 spiro atoms. The summed E-state index contributed by atoms with van der Waals surface area (Å²) in [6.45, 7) is 0.409. The minimum absolute atomic E-state index is 0.0274. The van der Waals surface area contributed by atoms with E-state index < -0.39 is 12.3 Å². The molecule has 0 aromatic heterocycles. The quantitative estimate of drug-likeness (QED) is 0.115. The van der Waals surface area contributed by atoms with Gasteiger partial charge in [0.2, 0.25) is 0 Å². The van der Waals surface area contributed by atoms with Gasteiger partial charge in [-0.05, 0) is 96.2 Å². The van der Waals surface area contributed by atoms with Crippen LogP contribution in [-0.2, 0) is 22.6 Å². The average molecular weight is 719 g/mol. The molecule has 5 fully saturated rings. The number of carbonyl (C=O) groups is 2. The molecule has 1 heterocycles. The molecule has 0 unspecified atom stereocenters. The zero-order chi connectivity index (χ0) is 35.7. The molecular weight excluding hydrogens is 673 g/mol. The summed E-state index contributed by atoms with van der Waals surface area (Å²) in [4.78, 5) is 25.8. The van der Waals surface area contributed by atoms with Crippen LogP contribution in [-0.4, -0.2) is 39.6 Å². The number of hydrogen-bond donors (Lipinski definition) is 4. The third kappa shape index (κ3) is 7.64. The van der Waals surface area contributed by atoms with Crippen molar-refractivity contribution in [2.45, 2.75) is 87.0 Å². The highest BCUT2D eigenvalue weighted by atomic mass is 32.2. The van der Waals surface area contributed by atoms with Gasteiger partial charge in [0.15, 0.2) is 6.29 Å². The number of benzene rings is 4. The third-order valence-corrected chi connectivity index (χ3v) is 12.7. The fraction of sp³-hybridized carbons (Fsp3) is 0.395. The summed E-state index contributed by atoms with van der Waals surface area (Å²) in [6.07, 6.45) is 6.93. The van der Waals surface area contributed by atoms with Gasteiger partial charge in [0.05, 0.1) is 24.4 Å². The van der Waals surface area contributed by atoms with Crippen molar-refractivity contribution in [1.82, 2.24) is 10.6 Å². The second-order valence-electron chi connectivity index (χ2n) is 15.2. The van der Waals surface area contributed by atoms with Crippen molar-refractivity contribution in [1.29, 1.82) is 0 Å². The first-order valence-corrected chi connectivity index (χ1v) is 19.5. The smallest absolute Gasteiger partial charge is 0.336 e. The minimum atomic E-state index is -0.950. The molecule has 3 atom stereocenters. The normalized spacial score (nSPS) is 27.6. The van der Waals surface area contributed by atoms with E-state index >= 15 is 0 Å². The Morgan fingerprint density at radius 2 is 1.42 bits per heavy atom. The van der Waals surface area contributed by atoms with E-state index in [1.165, 1.54) is 31.0 Å². The lowest BCUT2D eigenvalue weighted by Crippen LogP contribution is -2.61. The lowest BCUT2D eigenvalue weighted by molar-refractivity contribution is -0.245. The lowest BCUT2D eigenvalue weighted by Gasteiger charge is -2.56. The van der Waals surface area contributed by atoms with Crippen molar-refractivity contribution in [2.75, 3.05) is 5.75 Å². The summed E-state index contributed by atoms with van der Waals surface area (Å²) in [5, 5.41) is 25.9. The summed E-state index contributed by atoms with van der Waals surface area (Å²) >= 11 is 1.48. The van der Waals surface area contributed by atoms with Crippen molar-refractivity contribution < 1.29 is 29.3 Å². The van der Waals surface area contributed by atoms with E-state index in [1.807, 2.05) is 60.7 Å². The summed E-state index contributed by atoms with van der Waals surface area (Å²) in [6, 6.07) is 31.2. The standard InChI is InChI=1S/C43H46N2O6S/c46-25-27-9-11-32(12-10-27)38-20-35(26-52-39-8-4-3-7-37(39)40(47)48)50-41(51-38)33-15-13-31(14-16-33)36-6-2-1-5-34(36)24-44-42(49)45-43-21-28-17-29(22-43)19-30(18-28)23-43/h1-16,28-30,35,38,41,46H,17-26H2,(H,47,48)(H2,44,45,49)/t28?,29?,30?,35-,38+,41+,43?/m1/s1. The van der Waals surface area contributed by atoms with Crippen LogP contribution in [0, 0.1) is 17.8 Å². The molecule has 9 rings (SSSR count). The zero-order valence-corrected chi connectivity index (χ0v) is 30.0. The van der Waals surface area contributed by atoms with Gasteiger partial charge in [0.1, 0.15) is 0 Å². The van der Waals surface area contributed by atoms with Crippen molar-refractivity contribution in [2.24, 2.45) is 17.8 Å². The fourth-order valence-electron chi connectivity index (χ4n) is 9.47. The third-order valence-electron chi connectivity index (χ3n) is 11.5. The Morgan fingerprint density at radius 3 is 2.12 bits per heavy atom. The van der Waals surface area contributed by atoms with Crippen LogP contribution < -0.4 is 10.6 Å². The molecule has 1 aliphatic heterocycles. The van der Waals surface area contributed by atoms with Crippen molar-refractivity contribution >= 4 is 23.8 Å². The van der Waals surface area contributed by atoms with E-state index in [9.17, 15) is 19.8 Å². The van der Waals surface area contributed by atoms with Gasteiger partial charge in [-0.25, -0.2) is 9.59 Å². The first-order chi connectivity index (χ1) is 25.3. The predicted molar refractivity (Wildman–Crippen MR) is 201 cm³/mol. The Labute approximate surface area is 309 Å². The highest BCUT2D eigenvalue weighted by molar-refractivity contribution is 7.99. The summed E-state index contributed by atoms with van der Waals surface area (Å²) in [7, 11) is 0. The topological polar surface area (TPSA) is 117 Å². The number of aliphatic hydroxyl groups excluding tert-OH is 1. The number of carboxylic acids is 1. The Balaban J connectivity index is 0.958. The number of carboxylic acid groups (broad SMARTS) is 1. The minimum Gasteiger partial charge on any atom is -0.478 e. The molecule has 0 radical (unpaired) electrons. The first kappa shape index (κ1) is 34.9. The molecule has 8 nitrogen and oxygen atoms in total. The number of hydrogen-bond acceptors (Lipinski definition) is 6. The predicted octanol–water partition coefficient (Wildman–Crippen LogP) is 8.65. The molecule has 4 bridgehead atoms. The Hall–Kier alpha value is -4.15. The number of thioether (sulfide) groups is 1. The van der Waals surface area contributed by atoms with Gasteiger partial charge >= 0.3 is 12.0 Å². The molecule has 2 amide bonds. The van der Waals surface area contributed by atoms with Gasteiger partial charge in [-0.2, -0.15) is 0 Å². The van der Waals surface area contributed by atoms with E-state index in [2.05, 4.69) is 34.9 Å². The molecule has 270 valence electrons. The zero-order valence-electron chi connectivity index (χ0n) is 29.2. The lowest BCUT2D eigenvalue weighted by atomic mass is 9.53. The summed E-state index contributed by atoms with van der Waals surface area (Å²) < 4.78 is 13.1. The largest absolute Gasteiger partial charge is 0.478 e. The van der Waals surface area contributed by atoms with Gasteiger partial charge in [0, 0.05) is 34.7 Å². The van der Waals surface area contributed by atoms with Crippen molar-refractivity contribution in [3.8, 4) is 11.1 Å². The molecular formula is C43H46N2O6S. The SMILES string of the molecule is O=C(NCc1ccccc1-c1ccc([C@H]2O[C@@H](CSc3ccccc3C(=O)O)C[C@@H](c3ccc(CO)cc3)O2)cc1)NC12CC3CC(CC(C3)C1)C2. The van der Waals surface area contributed by atoms with Crippen LogP contribution in [0.3, 0.4) is 0 Å². The number of aliphatic hydroxyl groups is 1. The van der Waals surface area contributed by atoms with Gasteiger partial charge in [0.25, 0.3) is 0 Å². The molecule has 9 heteroatoms. The van der Waals surface area contributed by atoms with Gasteiger partial charge in [-0.15, -0.1) is 11.8 Å². The number of urea groups is 1. The number of ether oxygens (including phenoxy) is 2. The number of nitrogens with one attached hydrogen (secondary N) is 2. The molecule has 4 N–H and O–H groups in total. The molecule has 52 heavy (non-hydrogen) atoms. The van der Waals surface area contributed by atoms with Crippen LogP contribution in [0.25, 0.3) is 11.1 Å². The van der Waals surface area contributed by atoms with E-state index in [0.717, 1.165) is 70.4 Å². The van der Waals surface area contributed by atoms with E-state index in [1.54, 1.807) is 12.1 Å². The first-order valence-electron chi connectivity index (χ1n) is 18.5. The molecule has 4 saturated carbocycles. The van der Waals surface area contributed by atoms with Gasteiger partial charge in [-0.3, -0.25) is 0 Å². The highest BCUT2D eigenvalue weighted by Gasteiger charge is 2.51. The van der Waals surface area contributed by atoms with Crippen LogP contribution in [0.15, 0.2) is 102 Å². The Kier molecular flexibility index (Phi) is 10.1. The molecule has 1 saturated heterocycles. The van der Waals surface area contributed by atoms with Gasteiger partial charge in [-0.1, -0.05) is 84.9 Å². The number of amides is 2. The molecule has 4 aromatic carbocycles. The fourth-order valence-corrected chi connectivity index (χ4v) is 10.5.